The maximum atomic E-state index is 13.4. The number of para-hydroxylation sites is 2. The first-order valence-corrected chi connectivity index (χ1v) is 12.0. The molecule has 10 nitrogen and oxygen atoms in total. The average Bonchev–Trinajstić information content (AvgIpc) is 2.87. The third kappa shape index (κ3) is 5.59. The number of carbonyl (C=O) groups is 1. The van der Waals surface area contributed by atoms with Gasteiger partial charge in [-0.1, -0.05) is 37.5 Å². The smallest absolute Gasteiger partial charge is 0.344 e. The Morgan fingerprint density at radius 3 is 2.67 bits per heavy atom. The molecule has 36 heavy (non-hydrogen) atoms. The Balaban J connectivity index is 1.76. The molecule has 188 valence electrons. The van der Waals surface area contributed by atoms with E-state index in [9.17, 15) is 19.7 Å². The largest absolute Gasteiger partial charge is 0.474 e. The number of hydrogen-bond acceptors (Lipinski definition) is 8. The van der Waals surface area contributed by atoms with E-state index < -0.39 is 17.5 Å². The Kier molecular flexibility index (Phi) is 7.72. The number of esters is 1. The van der Waals surface area contributed by atoms with Crippen LogP contribution < -0.4 is 10.3 Å². The van der Waals surface area contributed by atoms with Crippen LogP contribution in [0.3, 0.4) is 0 Å². The molecule has 1 saturated carbocycles. The fraction of sp³-hybridized carbons (Fsp3) is 0.385. The predicted octanol–water partition coefficient (Wildman–Crippen LogP) is 4.57. The van der Waals surface area contributed by atoms with Crippen LogP contribution in [-0.4, -0.2) is 39.5 Å². The fourth-order valence-corrected chi connectivity index (χ4v) is 4.37. The van der Waals surface area contributed by atoms with Gasteiger partial charge in [-0.15, -0.1) is 0 Å². The van der Waals surface area contributed by atoms with E-state index in [0.29, 0.717) is 16.7 Å². The molecule has 4 rings (SSSR count). The molecule has 0 saturated heterocycles. The lowest BCUT2D eigenvalue weighted by Gasteiger charge is -2.22. The van der Waals surface area contributed by atoms with Crippen LogP contribution in [0.4, 0.5) is 5.69 Å². The van der Waals surface area contributed by atoms with E-state index in [1.165, 1.54) is 23.0 Å². The van der Waals surface area contributed by atoms with Gasteiger partial charge in [-0.25, -0.2) is 9.78 Å². The van der Waals surface area contributed by atoms with Crippen molar-refractivity contribution < 1.29 is 19.2 Å². The van der Waals surface area contributed by atoms with Crippen molar-refractivity contribution in [2.24, 2.45) is 5.10 Å². The van der Waals surface area contributed by atoms with Gasteiger partial charge in [0.2, 0.25) is 5.75 Å². The summed E-state index contributed by atoms with van der Waals surface area (Å²) < 4.78 is 11.9. The van der Waals surface area contributed by atoms with Crippen LogP contribution in [0.5, 0.6) is 5.75 Å². The summed E-state index contributed by atoms with van der Waals surface area (Å²) in [5.41, 5.74) is 0.215. The SMILES string of the molecule is CC(C)OC(=O)COc1c(C=Nn2c(C3CCCCC3)nc3ccccc3c2=O)cccc1[N+](=O)[O-]. The van der Waals surface area contributed by atoms with E-state index >= 15 is 0 Å². The van der Waals surface area contributed by atoms with E-state index in [1.54, 1.807) is 38.1 Å². The van der Waals surface area contributed by atoms with Crippen molar-refractivity contribution in [3.05, 3.63) is 74.3 Å². The topological polar surface area (TPSA) is 126 Å². The highest BCUT2D eigenvalue weighted by Crippen LogP contribution is 2.32. The van der Waals surface area contributed by atoms with Gasteiger partial charge in [-0.05, 0) is 44.9 Å². The van der Waals surface area contributed by atoms with Gasteiger partial charge >= 0.3 is 11.7 Å². The summed E-state index contributed by atoms with van der Waals surface area (Å²) in [5, 5.41) is 16.5. The minimum absolute atomic E-state index is 0.0832. The molecule has 1 aromatic heterocycles. The normalized spacial score (nSPS) is 14.4. The summed E-state index contributed by atoms with van der Waals surface area (Å²) in [7, 11) is 0. The lowest BCUT2D eigenvalue weighted by molar-refractivity contribution is -0.385. The van der Waals surface area contributed by atoms with Gasteiger partial charge in [-0.3, -0.25) is 14.9 Å². The number of benzene rings is 2. The summed E-state index contributed by atoms with van der Waals surface area (Å²) in [6.45, 7) is 2.88. The number of fused-ring (bicyclic) bond motifs is 1. The van der Waals surface area contributed by atoms with Gasteiger partial charge in [0.05, 0.1) is 28.1 Å². The van der Waals surface area contributed by atoms with Crippen LogP contribution in [0.25, 0.3) is 10.9 Å². The van der Waals surface area contributed by atoms with Crippen molar-refractivity contribution >= 4 is 28.8 Å². The van der Waals surface area contributed by atoms with Gasteiger partial charge in [0.25, 0.3) is 5.56 Å². The monoisotopic (exact) mass is 492 g/mol. The molecule has 0 bridgehead atoms. The van der Waals surface area contributed by atoms with E-state index in [-0.39, 0.29) is 34.6 Å². The van der Waals surface area contributed by atoms with Crippen molar-refractivity contribution in [1.82, 2.24) is 9.66 Å². The molecule has 0 N–H and O–H groups in total. The molecule has 0 aliphatic heterocycles. The van der Waals surface area contributed by atoms with Gasteiger partial charge in [0.1, 0.15) is 5.82 Å². The summed E-state index contributed by atoms with van der Waals surface area (Å²) in [4.78, 5) is 41.2. The number of rotatable bonds is 8. The molecule has 0 amide bonds. The molecule has 2 aromatic carbocycles. The van der Waals surface area contributed by atoms with E-state index in [0.717, 1.165) is 32.1 Å². The number of nitro groups is 1. The second-order valence-electron chi connectivity index (χ2n) is 8.96. The Morgan fingerprint density at radius 2 is 1.94 bits per heavy atom. The third-order valence-electron chi connectivity index (χ3n) is 5.98. The zero-order chi connectivity index (χ0) is 25.7. The quantitative estimate of drug-likeness (QED) is 0.195. The van der Waals surface area contributed by atoms with Crippen LogP contribution in [0.2, 0.25) is 0 Å². The number of hydrogen-bond donors (Lipinski definition) is 0. The second kappa shape index (κ2) is 11.1. The molecule has 10 heteroatoms. The fourth-order valence-electron chi connectivity index (χ4n) is 4.37. The zero-order valence-electron chi connectivity index (χ0n) is 20.3. The maximum Gasteiger partial charge on any atom is 0.344 e. The standard InChI is InChI=1S/C26H28N4O6/c1-17(2)36-23(31)16-35-24-19(11-8-14-22(24)30(33)34)15-27-29-25(18-9-4-3-5-10-18)28-21-13-7-6-12-20(21)26(29)32/h6-8,11-15,17-18H,3-5,9-10,16H2,1-2H3. The summed E-state index contributed by atoms with van der Waals surface area (Å²) in [5.74, 6) is -0.128. The average molecular weight is 493 g/mol. The van der Waals surface area contributed by atoms with Crippen molar-refractivity contribution in [2.45, 2.75) is 58.0 Å². The highest BCUT2D eigenvalue weighted by atomic mass is 16.6. The second-order valence-corrected chi connectivity index (χ2v) is 8.96. The minimum Gasteiger partial charge on any atom is -0.474 e. The van der Waals surface area contributed by atoms with Crippen molar-refractivity contribution in [2.75, 3.05) is 6.61 Å². The van der Waals surface area contributed by atoms with Crippen LogP contribution in [-0.2, 0) is 9.53 Å². The molecular formula is C26H28N4O6. The highest BCUT2D eigenvalue weighted by molar-refractivity contribution is 5.86. The number of ether oxygens (including phenoxy) is 2. The minimum atomic E-state index is -0.652. The lowest BCUT2D eigenvalue weighted by Crippen LogP contribution is -2.25. The van der Waals surface area contributed by atoms with Crippen LogP contribution in [0.15, 0.2) is 52.4 Å². The van der Waals surface area contributed by atoms with E-state index in [1.807, 2.05) is 6.07 Å². The van der Waals surface area contributed by atoms with Gasteiger partial charge in [-0.2, -0.15) is 9.78 Å². The first-order chi connectivity index (χ1) is 17.3. The molecule has 1 aliphatic carbocycles. The van der Waals surface area contributed by atoms with Gasteiger partial charge in [0.15, 0.2) is 6.61 Å². The Labute approximate surface area is 207 Å². The van der Waals surface area contributed by atoms with E-state index in [4.69, 9.17) is 14.5 Å². The van der Waals surface area contributed by atoms with Gasteiger partial charge in [0, 0.05) is 17.5 Å². The van der Waals surface area contributed by atoms with Gasteiger partial charge < -0.3 is 9.47 Å². The Hall–Kier alpha value is -4.08. The number of aromatic nitrogens is 2. The third-order valence-corrected chi connectivity index (χ3v) is 5.98. The van der Waals surface area contributed by atoms with Crippen molar-refractivity contribution in [3.63, 3.8) is 0 Å². The molecular weight excluding hydrogens is 464 g/mol. The highest BCUT2D eigenvalue weighted by Gasteiger charge is 2.23. The predicted molar refractivity (Wildman–Crippen MR) is 135 cm³/mol. The number of nitro benzene ring substituents is 1. The lowest BCUT2D eigenvalue weighted by atomic mass is 9.88. The molecule has 1 fully saturated rings. The molecule has 0 spiro atoms. The maximum absolute atomic E-state index is 13.4. The van der Waals surface area contributed by atoms with E-state index in [2.05, 4.69) is 5.10 Å². The Bertz CT molecular complexity index is 1360. The zero-order valence-corrected chi connectivity index (χ0v) is 20.3. The number of nitrogens with zero attached hydrogens (tertiary/aromatic N) is 4. The van der Waals surface area contributed by atoms with Crippen LogP contribution in [0, 0.1) is 10.1 Å². The first kappa shape index (κ1) is 25.0. The molecule has 1 heterocycles. The first-order valence-electron chi connectivity index (χ1n) is 12.0. The summed E-state index contributed by atoms with van der Waals surface area (Å²) >= 11 is 0. The molecule has 3 aromatic rings. The van der Waals surface area contributed by atoms with Crippen molar-refractivity contribution in [1.29, 1.82) is 0 Å². The van der Waals surface area contributed by atoms with Crippen LogP contribution in [0.1, 0.15) is 63.3 Å². The molecule has 0 radical (unpaired) electrons. The summed E-state index contributed by atoms with van der Waals surface area (Å²) in [6, 6.07) is 11.4. The number of carbonyl (C=O) groups excluding carboxylic acids is 1. The summed E-state index contributed by atoms with van der Waals surface area (Å²) in [6.07, 6.45) is 6.04. The van der Waals surface area contributed by atoms with Crippen LogP contribution >= 0.6 is 0 Å². The molecule has 0 atom stereocenters. The molecule has 1 aliphatic rings. The molecule has 0 unspecified atom stereocenters. The Morgan fingerprint density at radius 1 is 1.19 bits per heavy atom. The van der Waals surface area contributed by atoms with Crippen molar-refractivity contribution in [3.8, 4) is 5.75 Å².